The van der Waals surface area contributed by atoms with Crippen LogP contribution in [0.5, 0.6) is 0 Å². The van der Waals surface area contributed by atoms with Gasteiger partial charge in [0.2, 0.25) is 0 Å². The third-order valence-electron chi connectivity index (χ3n) is 8.55. The molecule has 0 bridgehead atoms. The standard InChI is InChI=1S/C44H78NO8P/c1-6-8-10-12-14-16-18-20-21-22-23-25-26-28-30-32-34-36-43(46)50-40-42(41-52-54(48,49)51-39-38-45(3,4)5)53-44(47)37-35-33-31-29-27-24-19-17-15-13-11-9-7-2/h8,10,14,16,20-21,23,25,28,30,42H,6-7,9,11-13,15,17-19,22,24,26-27,29,31-41H2,1-5H3/b10-8-,16-14-,21-20-,25-23-,30-28-/t42-/m1/s1. The highest BCUT2D eigenvalue weighted by Gasteiger charge is 2.21. The second-order valence-corrected chi connectivity index (χ2v) is 16.4. The Kier molecular flexibility index (Phi) is 34.8. The summed E-state index contributed by atoms with van der Waals surface area (Å²) in [4.78, 5) is 37.4. The van der Waals surface area contributed by atoms with E-state index in [9.17, 15) is 19.0 Å². The summed E-state index contributed by atoms with van der Waals surface area (Å²) >= 11 is 0. The molecule has 9 nitrogen and oxygen atoms in total. The summed E-state index contributed by atoms with van der Waals surface area (Å²) < 4.78 is 33.8. The predicted octanol–water partition coefficient (Wildman–Crippen LogP) is 11.1. The van der Waals surface area contributed by atoms with Crippen LogP contribution in [0.25, 0.3) is 0 Å². The van der Waals surface area contributed by atoms with Gasteiger partial charge in [0.05, 0.1) is 27.7 Å². The van der Waals surface area contributed by atoms with E-state index in [0.29, 0.717) is 23.9 Å². The SMILES string of the molecule is CC/C=C\C/C=C\C/C=C\C/C=C\C/C=C\CCCC(=O)OC[C@H](COP(=O)([O-])OCC[N+](C)(C)C)OC(=O)CCCCCCCCCCCCCCC. The lowest BCUT2D eigenvalue weighted by molar-refractivity contribution is -0.870. The fourth-order valence-electron chi connectivity index (χ4n) is 5.28. The zero-order valence-electron chi connectivity index (χ0n) is 34.9. The molecule has 0 spiro atoms. The molecule has 312 valence electrons. The highest BCUT2D eigenvalue weighted by Crippen LogP contribution is 2.38. The smallest absolute Gasteiger partial charge is 0.306 e. The van der Waals surface area contributed by atoms with E-state index in [1.165, 1.54) is 57.8 Å². The van der Waals surface area contributed by atoms with Crippen LogP contribution in [-0.2, 0) is 32.7 Å². The number of phosphoric ester groups is 1. The molecule has 0 aliphatic carbocycles. The van der Waals surface area contributed by atoms with Crippen LogP contribution in [0.15, 0.2) is 60.8 Å². The zero-order chi connectivity index (χ0) is 40.0. The number of carbonyl (C=O) groups is 2. The van der Waals surface area contributed by atoms with Gasteiger partial charge in [0.25, 0.3) is 7.82 Å². The van der Waals surface area contributed by atoms with Gasteiger partial charge in [-0.2, -0.15) is 0 Å². The zero-order valence-corrected chi connectivity index (χ0v) is 35.8. The van der Waals surface area contributed by atoms with Gasteiger partial charge in [0.15, 0.2) is 6.10 Å². The van der Waals surface area contributed by atoms with Crippen molar-refractivity contribution < 1.29 is 42.1 Å². The quantitative estimate of drug-likeness (QED) is 0.0201. The van der Waals surface area contributed by atoms with Crippen molar-refractivity contribution in [3.8, 4) is 0 Å². The summed E-state index contributed by atoms with van der Waals surface area (Å²) in [5, 5.41) is 0. The Bertz CT molecular complexity index is 1110. The molecule has 1 unspecified atom stereocenters. The molecule has 0 aromatic heterocycles. The van der Waals surface area contributed by atoms with Gasteiger partial charge in [0, 0.05) is 12.8 Å². The number of phosphoric acid groups is 1. The fraction of sp³-hybridized carbons (Fsp3) is 0.727. The molecule has 0 aromatic carbocycles. The third kappa shape index (κ3) is 39.4. The second kappa shape index (κ2) is 36.4. The molecule has 0 aliphatic rings. The largest absolute Gasteiger partial charge is 0.756 e. The Labute approximate surface area is 330 Å². The van der Waals surface area contributed by atoms with Gasteiger partial charge in [-0.3, -0.25) is 14.2 Å². The van der Waals surface area contributed by atoms with Gasteiger partial charge < -0.3 is 27.9 Å². The number of esters is 2. The van der Waals surface area contributed by atoms with Crippen LogP contribution in [0, 0.1) is 0 Å². The summed E-state index contributed by atoms with van der Waals surface area (Å²) in [6.45, 7) is 4.03. The van der Waals surface area contributed by atoms with E-state index in [2.05, 4.69) is 68.5 Å². The average molecular weight is 780 g/mol. The molecule has 54 heavy (non-hydrogen) atoms. The van der Waals surface area contributed by atoms with Crippen LogP contribution in [0.1, 0.15) is 155 Å². The van der Waals surface area contributed by atoms with Gasteiger partial charge in [-0.25, -0.2) is 0 Å². The number of unbranched alkanes of at least 4 members (excludes halogenated alkanes) is 13. The Hall–Kier alpha value is -2.29. The minimum absolute atomic E-state index is 0.0410. The first-order valence-electron chi connectivity index (χ1n) is 21.0. The normalized spacial score (nSPS) is 14.3. The molecule has 0 radical (unpaired) electrons. The van der Waals surface area contributed by atoms with E-state index in [1.54, 1.807) is 0 Å². The molecule has 0 N–H and O–H groups in total. The maximum absolute atomic E-state index is 12.6. The van der Waals surface area contributed by atoms with E-state index in [1.807, 2.05) is 27.2 Å². The van der Waals surface area contributed by atoms with E-state index >= 15 is 0 Å². The van der Waals surface area contributed by atoms with Gasteiger partial charge in [-0.1, -0.05) is 152 Å². The molecule has 0 saturated heterocycles. The van der Waals surface area contributed by atoms with Crippen molar-refractivity contribution in [1.82, 2.24) is 0 Å². The summed E-state index contributed by atoms with van der Waals surface area (Å²) in [5.41, 5.74) is 0. The van der Waals surface area contributed by atoms with Gasteiger partial charge in [-0.05, 0) is 51.4 Å². The fourth-order valence-corrected chi connectivity index (χ4v) is 6.01. The summed E-state index contributed by atoms with van der Waals surface area (Å²) in [5.74, 6) is -0.905. The van der Waals surface area contributed by atoms with E-state index in [0.717, 1.165) is 57.8 Å². The lowest BCUT2D eigenvalue weighted by atomic mass is 10.0. The van der Waals surface area contributed by atoms with Crippen LogP contribution in [-0.4, -0.2) is 70.0 Å². The number of rotatable bonds is 37. The Morgan fingerprint density at radius 1 is 0.593 bits per heavy atom. The first-order valence-corrected chi connectivity index (χ1v) is 22.5. The van der Waals surface area contributed by atoms with Crippen LogP contribution in [0.3, 0.4) is 0 Å². The average Bonchev–Trinajstić information content (AvgIpc) is 3.12. The second-order valence-electron chi connectivity index (χ2n) is 15.0. The maximum Gasteiger partial charge on any atom is 0.306 e. The monoisotopic (exact) mass is 780 g/mol. The lowest BCUT2D eigenvalue weighted by Crippen LogP contribution is -2.37. The molecular weight excluding hydrogens is 701 g/mol. The van der Waals surface area contributed by atoms with Crippen LogP contribution in [0.2, 0.25) is 0 Å². The maximum atomic E-state index is 12.6. The summed E-state index contributed by atoms with van der Waals surface area (Å²) in [6.07, 6.45) is 42.5. The topological polar surface area (TPSA) is 111 Å². The molecule has 0 amide bonds. The molecule has 0 rings (SSSR count). The number of carbonyl (C=O) groups excluding carboxylic acids is 2. The number of nitrogens with zero attached hydrogens (tertiary/aromatic N) is 1. The molecule has 10 heteroatoms. The van der Waals surface area contributed by atoms with Crippen molar-refractivity contribution in [2.24, 2.45) is 0 Å². The molecule has 0 aliphatic heterocycles. The van der Waals surface area contributed by atoms with Crippen LogP contribution < -0.4 is 4.89 Å². The minimum Gasteiger partial charge on any atom is -0.756 e. The molecule has 0 heterocycles. The number of ether oxygens (including phenoxy) is 2. The van der Waals surface area contributed by atoms with E-state index < -0.39 is 32.5 Å². The van der Waals surface area contributed by atoms with Crippen molar-refractivity contribution in [3.05, 3.63) is 60.8 Å². The Morgan fingerprint density at radius 2 is 1.06 bits per heavy atom. The first-order chi connectivity index (χ1) is 26.0. The molecule has 2 atom stereocenters. The van der Waals surface area contributed by atoms with Gasteiger partial charge in [0.1, 0.15) is 19.8 Å². The van der Waals surface area contributed by atoms with Crippen molar-refractivity contribution in [2.75, 3.05) is 47.5 Å². The predicted molar refractivity (Wildman–Crippen MR) is 222 cm³/mol. The molecule has 0 fully saturated rings. The summed E-state index contributed by atoms with van der Waals surface area (Å²) in [7, 11) is 1.13. The van der Waals surface area contributed by atoms with Crippen LogP contribution in [0.4, 0.5) is 0 Å². The van der Waals surface area contributed by atoms with Gasteiger partial charge in [-0.15, -0.1) is 0 Å². The lowest BCUT2D eigenvalue weighted by Gasteiger charge is -2.28. The van der Waals surface area contributed by atoms with E-state index in [4.69, 9.17) is 18.5 Å². The summed E-state index contributed by atoms with van der Waals surface area (Å²) in [6, 6.07) is 0. The first kappa shape index (κ1) is 51.7. The highest BCUT2D eigenvalue weighted by molar-refractivity contribution is 7.45. The van der Waals surface area contributed by atoms with Crippen molar-refractivity contribution in [3.63, 3.8) is 0 Å². The minimum atomic E-state index is -4.63. The van der Waals surface area contributed by atoms with Crippen LogP contribution >= 0.6 is 7.82 Å². The Balaban J connectivity index is 4.48. The number of allylic oxidation sites excluding steroid dienone is 10. The Morgan fingerprint density at radius 3 is 1.56 bits per heavy atom. The van der Waals surface area contributed by atoms with E-state index in [-0.39, 0.29) is 26.1 Å². The van der Waals surface area contributed by atoms with Gasteiger partial charge >= 0.3 is 11.9 Å². The highest BCUT2D eigenvalue weighted by atomic mass is 31.2. The molecule has 0 aromatic rings. The number of quaternary nitrogens is 1. The molecule has 0 saturated carbocycles. The number of likely N-dealkylation sites (N-methyl/N-ethyl adjacent to an activating group) is 1. The third-order valence-corrected chi connectivity index (χ3v) is 9.52. The van der Waals surface area contributed by atoms with Crippen molar-refractivity contribution >= 4 is 19.8 Å². The number of hydrogen-bond donors (Lipinski definition) is 0. The van der Waals surface area contributed by atoms with Crippen molar-refractivity contribution in [1.29, 1.82) is 0 Å². The van der Waals surface area contributed by atoms with Crippen molar-refractivity contribution in [2.45, 2.75) is 161 Å². The molecular formula is C44H78NO8P. The number of hydrogen-bond acceptors (Lipinski definition) is 8.